The summed E-state index contributed by atoms with van der Waals surface area (Å²) in [6.45, 7) is 3.76. The molecule has 2 heterocycles. The highest BCUT2D eigenvalue weighted by Gasteiger charge is 2.22. The molecule has 0 saturated carbocycles. The van der Waals surface area contributed by atoms with Crippen molar-refractivity contribution in [3.8, 4) is 5.69 Å². The van der Waals surface area contributed by atoms with Crippen molar-refractivity contribution in [2.24, 2.45) is 5.73 Å². The maximum absolute atomic E-state index is 13.6. The lowest BCUT2D eigenvalue weighted by Crippen LogP contribution is -2.28. The summed E-state index contributed by atoms with van der Waals surface area (Å²) in [5, 5.41) is 12.7. The summed E-state index contributed by atoms with van der Waals surface area (Å²) in [7, 11) is 0. The van der Waals surface area contributed by atoms with E-state index in [4.69, 9.17) is 16.9 Å². The Morgan fingerprint density at radius 2 is 1.85 bits per heavy atom. The summed E-state index contributed by atoms with van der Waals surface area (Å²) in [6.07, 6.45) is 1.23. The Morgan fingerprint density at radius 1 is 1.12 bits per heavy atom. The Kier molecular flexibility index (Phi) is 5.61. The zero-order valence-electron chi connectivity index (χ0n) is 18.2. The highest BCUT2D eigenvalue weighted by atomic mass is 16.1. The molecular formula is C24H23N7O2. The maximum Gasteiger partial charge on any atom is 0.267 e. The van der Waals surface area contributed by atoms with E-state index in [1.165, 1.54) is 6.33 Å². The molecule has 33 heavy (non-hydrogen) atoms. The van der Waals surface area contributed by atoms with Crippen molar-refractivity contribution < 1.29 is 4.79 Å². The average molecular weight is 441 g/mol. The van der Waals surface area contributed by atoms with Crippen LogP contribution in [0.1, 0.15) is 29.8 Å². The molecule has 9 nitrogen and oxygen atoms in total. The fourth-order valence-electron chi connectivity index (χ4n) is 3.88. The van der Waals surface area contributed by atoms with E-state index in [-0.39, 0.29) is 22.8 Å². The number of pyridine rings is 1. The van der Waals surface area contributed by atoms with Gasteiger partial charge >= 0.3 is 0 Å². The number of nitrogens with zero attached hydrogens (tertiary/aromatic N) is 3. The zero-order chi connectivity index (χ0) is 23.7. The SMILES string of the molecule is Cc1cccc2cc([C@H](C)Nc3ncnc(N)c3C(=N)C(N)=O)n(-c3ccccc3)c(=O)c12. The first-order valence-electron chi connectivity index (χ1n) is 10.3. The van der Waals surface area contributed by atoms with Crippen LogP contribution in [0.2, 0.25) is 0 Å². The van der Waals surface area contributed by atoms with Gasteiger partial charge in [-0.05, 0) is 43.0 Å². The number of aryl methyl sites for hydroxylation is 1. The zero-order valence-corrected chi connectivity index (χ0v) is 18.2. The van der Waals surface area contributed by atoms with Crippen molar-refractivity contribution in [1.29, 1.82) is 5.41 Å². The molecule has 1 atom stereocenters. The lowest BCUT2D eigenvalue weighted by Gasteiger charge is -2.23. The van der Waals surface area contributed by atoms with E-state index in [9.17, 15) is 9.59 Å². The minimum Gasteiger partial charge on any atom is -0.383 e. The molecule has 0 bridgehead atoms. The van der Waals surface area contributed by atoms with E-state index in [1.807, 2.05) is 68.4 Å². The van der Waals surface area contributed by atoms with E-state index in [0.29, 0.717) is 16.8 Å². The fourth-order valence-corrected chi connectivity index (χ4v) is 3.88. The first kappa shape index (κ1) is 21.7. The molecule has 0 fully saturated rings. The van der Waals surface area contributed by atoms with Crippen LogP contribution in [0.3, 0.4) is 0 Å². The molecule has 0 unspecified atom stereocenters. The minimum atomic E-state index is -0.949. The topological polar surface area (TPSA) is 153 Å². The van der Waals surface area contributed by atoms with Gasteiger partial charge in [-0.25, -0.2) is 9.97 Å². The van der Waals surface area contributed by atoms with E-state index in [0.717, 1.165) is 10.9 Å². The van der Waals surface area contributed by atoms with E-state index in [1.54, 1.807) is 4.57 Å². The number of rotatable bonds is 6. The van der Waals surface area contributed by atoms with Gasteiger partial charge in [-0.1, -0.05) is 36.4 Å². The van der Waals surface area contributed by atoms with Crippen LogP contribution in [-0.4, -0.2) is 26.2 Å². The van der Waals surface area contributed by atoms with Crippen molar-refractivity contribution >= 4 is 34.0 Å². The molecular weight excluding hydrogens is 418 g/mol. The molecule has 166 valence electrons. The fraction of sp³-hybridized carbons (Fsp3) is 0.125. The predicted molar refractivity (Wildman–Crippen MR) is 129 cm³/mol. The first-order valence-corrected chi connectivity index (χ1v) is 10.3. The van der Waals surface area contributed by atoms with Crippen molar-refractivity contribution in [1.82, 2.24) is 14.5 Å². The molecule has 2 aromatic carbocycles. The van der Waals surface area contributed by atoms with Crippen molar-refractivity contribution in [3.63, 3.8) is 0 Å². The second-order valence-electron chi connectivity index (χ2n) is 7.67. The van der Waals surface area contributed by atoms with Gasteiger partial charge in [0.25, 0.3) is 11.5 Å². The van der Waals surface area contributed by atoms with Gasteiger partial charge in [0.2, 0.25) is 0 Å². The number of para-hydroxylation sites is 1. The molecule has 1 amide bonds. The molecule has 2 aromatic heterocycles. The molecule has 0 radical (unpaired) electrons. The molecule has 0 spiro atoms. The van der Waals surface area contributed by atoms with Gasteiger partial charge in [-0.15, -0.1) is 0 Å². The molecule has 4 aromatic rings. The highest BCUT2D eigenvalue weighted by molar-refractivity contribution is 6.45. The molecule has 4 rings (SSSR count). The maximum atomic E-state index is 13.6. The molecule has 9 heteroatoms. The number of carbonyl (C=O) groups excluding carboxylic acids is 1. The number of primary amides is 1. The van der Waals surface area contributed by atoms with E-state index < -0.39 is 17.7 Å². The summed E-state index contributed by atoms with van der Waals surface area (Å²) in [5.41, 5.74) is 12.8. The van der Waals surface area contributed by atoms with Crippen molar-refractivity contribution in [3.05, 3.63) is 88.1 Å². The summed E-state index contributed by atoms with van der Waals surface area (Å²) in [5.74, 6) is -0.817. The Bertz CT molecular complexity index is 1440. The number of hydrogen-bond donors (Lipinski definition) is 4. The average Bonchev–Trinajstić information content (AvgIpc) is 2.79. The minimum absolute atomic E-state index is 0.0158. The lowest BCUT2D eigenvalue weighted by molar-refractivity contribution is -0.112. The number of benzene rings is 2. The predicted octanol–water partition coefficient (Wildman–Crippen LogP) is 2.70. The third-order valence-electron chi connectivity index (χ3n) is 5.47. The highest BCUT2D eigenvalue weighted by Crippen LogP contribution is 2.27. The van der Waals surface area contributed by atoms with Crippen molar-refractivity contribution in [2.75, 3.05) is 11.1 Å². The summed E-state index contributed by atoms with van der Waals surface area (Å²) in [4.78, 5) is 33.3. The van der Waals surface area contributed by atoms with Gasteiger partial charge in [0.15, 0.2) is 0 Å². The largest absolute Gasteiger partial charge is 0.383 e. The number of amides is 1. The van der Waals surface area contributed by atoms with Crippen LogP contribution in [-0.2, 0) is 4.79 Å². The number of fused-ring (bicyclic) bond motifs is 1. The van der Waals surface area contributed by atoms with E-state index >= 15 is 0 Å². The summed E-state index contributed by atoms with van der Waals surface area (Å²) >= 11 is 0. The number of aromatic nitrogens is 3. The van der Waals surface area contributed by atoms with Crippen LogP contribution in [0.15, 0.2) is 65.7 Å². The van der Waals surface area contributed by atoms with Crippen LogP contribution >= 0.6 is 0 Å². The molecule has 0 aliphatic rings. The molecule has 6 N–H and O–H groups in total. The quantitative estimate of drug-likeness (QED) is 0.338. The Morgan fingerprint density at radius 3 is 2.55 bits per heavy atom. The van der Waals surface area contributed by atoms with Crippen LogP contribution in [0.25, 0.3) is 16.5 Å². The third-order valence-corrected chi connectivity index (χ3v) is 5.47. The number of hydrogen-bond acceptors (Lipinski definition) is 7. The molecule has 0 saturated heterocycles. The Hall–Kier alpha value is -4.53. The normalized spacial score (nSPS) is 11.8. The number of nitrogens with one attached hydrogen (secondary N) is 2. The Labute approximate surface area is 189 Å². The summed E-state index contributed by atoms with van der Waals surface area (Å²) in [6, 6.07) is 16.5. The number of nitrogen functional groups attached to an aromatic ring is 1. The van der Waals surface area contributed by atoms with Crippen LogP contribution in [0, 0.1) is 12.3 Å². The number of anilines is 2. The monoisotopic (exact) mass is 441 g/mol. The number of carbonyl (C=O) groups is 1. The first-order chi connectivity index (χ1) is 15.8. The molecule has 0 aliphatic heterocycles. The summed E-state index contributed by atoms with van der Waals surface area (Å²) < 4.78 is 1.65. The lowest BCUT2D eigenvalue weighted by atomic mass is 10.0. The second kappa shape index (κ2) is 8.54. The van der Waals surface area contributed by atoms with E-state index in [2.05, 4.69) is 15.3 Å². The standard InChI is InChI=1S/C24H23N7O2/c1-13-7-6-8-15-11-17(31(24(33)18(13)15)16-9-4-3-5-10-16)14(2)30-23-19(20(25)22(27)32)21(26)28-12-29-23/h3-12,14,25H,1-2H3,(H2,27,32)(H3,26,28,29,30)/t14-/m0/s1. The van der Waals surface area contributed by atoms with Gasteiger partial charge in [-0.2, -0.15) is 0 Å². The van der Waals surface area contributed by atoms with Crippen molar-refractivity contribution in [2.45, 2.75) is 19.9 Å². The van der Waals surface area contributed by atoms with Crippen LogP contribution in [0.4, 0.5) is 11.6 Å². The van der Waals surface area contributed by atoms with Crippen LogP contribution in [0.5, 0.6) is 0 Å². The third kappa shape index (κ3) is 3.91. The van der Waals surface area contributed by atoms with Gasteiger partial charge < -0.3 is 16.8 Å². The number of nitrogens with two attached hydrogens (primary N) is 2. The van der Waals surface area contributed by atoms with Gasteiger partial charge in [-0.3, -0.25) is 19.6 Å². The van der Waals surface area contributed by atoms with Gasteiger partial charge in [0, 0.05) is 11.4 Å². The smallest absolute Gasteiger partial charge is 0.267 e. The van der Waals surface area contributed by atoms with Crippen LogP contribution < -0.4 is 22.3 Å². The molecule has 0 aliphatic carbocycles. The van der Waals surface area contributed by atoms with Gasteiger partial charge in [0.1, 0.15) is 23.7 Å². The second-order valence-corrected chi connectivity index (χ2v) is 7.67. The van der Waals surface area contributed by atoms with Gasteiger partial charge in [0.05, 0.1) is 17.0 Å². The Balaban J connectivity index is 1.91.